The SMILES string of the molecule is NCC(OC1COC1)c1cccs1. The Balaban J connectivity index is 1.92. The summed E-state index contributed by atoms with van der Waals surface area (Å²) in [5, 5.41) is 2.04. The Morgan fingerprint density at radius 2 is 2.54 bits per heavy atom. The molecule has 2 heterocycles. The molecule has 2 N–H and O–H groups in total. The normalized spacial score (nSPS) is 19.8. The molecule has 0 spiro atoms. The lowest BCUT2D eigenvalue weighted by atomic mass is 10.2. The van der Waals surface area contributed by atoms with Gasteiger partial charge in [0.15, 0.2) is 0 Å². The maximum atomic E-state index is 5.74. The standard InChI is InChI=1S/C9H13NO2S/c10-4-8(9-2-1-3-13-9)12-7-5-11-6-7/h1-3,7-8H,4-6,10H2. The molecule has 0 radical (unpaired) electrons. The Morgan fingerprint density at radius 3 is 3.00 bits per heavy atom. The topological polar surface area (TPSA) is 44.5 Å². The van der Waals surface area contributed by atoms with Crippen molar-refractivity contribution in [2.75, 3.05) is 19.8 Å². The van der Waals surface area contributed by atoms with Crippen LogP contribution in [0.5, 0.6) is 0 Å². The minimum Gasteiger partial charge on any atom is -0.376 e. The number of nitrogens with two attached hydrogens (primary N) is 1. The second kappa shape index (κ2) is 4.19. The molecule has 1 saturated heterocycles. The zero-order chi connectivity index (χ0) is 9.10. The van der Waals surface area contributed by atoms with E-state index >= 15 is 0 Å². The van der Waals surface area contributed by atoms with E-state index in [1.807, 2.05) is 11.4 Å². The summed E-state index contributed by atoms with van der Waals surface area (Å²) >= 11 is 1.69. The van der Waals surface area contributed by atoms with Crippen molar-refractivity contribution in [1.82, 2.24) is 0 Å². The Morgan fingerprint density at radius 1 is 1.69 bits per heavy atom. The third kappa shape index (κ3) is 2.08. The number of hydrogen-bond donors (Lipinski definition) is 1. The molecule has 0 aromatic carbocycles. The van der Waals surface area contributed by atoms with E-state index in [1.54, 1.807) is 11.3 Å². The molecule has 4 heteroatoms. The highest BCUT2D eigenvalue weighted by atomic mass is 32.1. The van der Waals surface area contributed by atoms with Gasteiger partial charge < -0.3 is 15.2 Å². The Bertz CT molecular complexity index is 246. The monoisotopic (exact) mass is 199 g/mol. The second-order valence-corrected chi connectivity index (χ2v) is 4.01. The third-order valence-corrected chi connectivity index (χ3v) is 3.00. The van der Waals surface area contributed by atoms with Gasteiger partial charge in [0.05, 0.1) is 13.2 Å². The van der Waals surface area contributed by atoms with Crippen molar-refractivity contribution in [3.8, 4) is 0 Å². The maximum Gasteiger partial charge on any atom is 0.105 e. The molecule has 72 valence electrons. The predicted octanol–water partition coefficient (Wildman–Crippen LogP) is 1.16. The molecule has 1 unspecified atom stereocenters. The minimum absolute atomic E-state index is 0.0499. The highest BCUT2D eigenvalue weighted by molar-refractivity contribution is 7.10. The average Bonchev–Trinajstić information content (AvgIpc) is 2.55. The van der Waals surface area contributed by atoms with Gasteiger partial charge in [-0.3, -0.25) is 0 Å². The van der Waals surface area contributed by atoms with E-state index < -0.39 is 0 Å². The number of ether oxygens (including phenoxy) is 2. The van der Waals surface area contributed by atoms with Crippen molar-refractivity contribution in [3.63, 3.8) is 0 Å². The molecule has 0 saturated carbocycles. The summed E-state index contributed by atoms with van der Waals surface area (Å²) < 4.78 is 10.8. The van der Waals surface area contributed by atoms with E-state index in [9.17, 15) is 0 Å². The molecule has 0 bridgehead atoms. The Labute approximate surface area is 81.5 Å². The van der Waals surface area contributed by atoms with Gasteiger partial charge in [-0.05, 0) is 11.4 Å². The lowest BCUT2D eigenvalue weighted by Crippen LogP contribution is -2.38. The van der Waals surface area contributed by atoms with Crippen LogP contribution in [-0.2, 0) is 9.47 Å². The smallest absolute Gasteiger partial charge is 0.105 e. The van der Waals surface area contributed by atoms with Gasteiger partial charge in [0.2, 0.25) is 0 Å². The van der Waals surface area contributed by atoms with Crippen LogP contribution in [0.3, 0.4) is 0 Å². The van der Waals surface area contributed by atoms with Gasteiger partial charge in [0.25, 0.3) is 0 Å². The van der Waals surface area contributed by atoms with Crippen LogP contribution < -0.4 is 5.73 Å². The quantitative estimate of drug-likeness (QED) is 0.791. The van der Waals surface area contributed by atoms with Crippen molar-refractivity contribution >= 4 is 11.3 Å². The van der Waals surface area contributed by atoms with Crippen LogP contribution in [0, 0.1) is 0 Å². The summed E-state index contributed by atoms with van der Waals surface area (Å²) in [4.78, 5) is 1.20. The summed E-state index contributed by atoms with van der Waals surface area (Å²) in [7, 11) is 0. The van der Waals surface area contributed by atoms with E-state index in [0.29, 0.717) is 19.8 Å². The lowest BCUT2D eigenvalue weighted by Gasteiger charge is -2.29. The molecule has 1 aliphatic rings. The largest absolute Gasteiger partial charge is 0.376 e. The van der Waals surface area contributed by atoms with Crippen molar-refractivity contribution in [1.29, 1.82) is 0 Å². The molecule has 1 atom stereocenters. The van der Waals surface area contributed by atoms with Crippen molar-refractivity contribution in [3.05, 3.63) is 22.4 Å². The molecule has 13 heavy (non-hydrogen) atoms. The zero-order valence-corrected chi connectivity index (χ0v) is 8.13. The van der Waals surface area contributed by atoms with Crippen LogP contribution in [-0.4, -0.2) is 25.9 Å². The van der Waals surface area contributed by atoms with Crippen molar-refractivity contribution < 1.29 is 9.47 Å². The van der Waals surface area contributed by atoms with E-state index in [0.717, 1.165) is 0 Å². The fourth-order valence-corrected chi connectivity index (χ4v) is 2.01. The molecule has 1 aromatic heterocycles. The molecular formula is C9H13NO2S. The van der Waals surface area contributed by atoms with Gasteiger partial charge in [-0.2, -0.15) is 0 Å². The Hall–Kier alpha value is -0.420. The zero-order valence-electron chi connectivity index (χ0n) is 7.31. The molecule has 3 nitrogen and oxygen atoms in total. The summed E-state index contributed by atoms with van der Waals surface area (Å²) in [6.45, 7) is 1.96. The molecule has 1 aliphatic heterocycles. The second-order valence-electron chi connectivity index (χ2n) is 3.04. The summed E-state index contributed by atoms with van der Waals surface area (Å²) in [5.41, 5.74) is 5.63. The number of rotatable bonds is 4. The van der Waals surface area contributed by atoms with Gasteiger partial charge in [-0.1, -0.05) is 6.07 Å². The van der Waals surface area contributed by atoms with Crippen molar-refractivity contribution in [2.24, 2.45) is 5.73 Å². The van der Waals surface area contributed by atoms with Gasteiger partial charge >= 0.3 is 0 Å². The van der Waals surface area contributed by atoms with E-state index in [-0.39, 0.29) is 12.2 Å². The average molecular weight is 199 g/mol. The molecule has 0 aliphatic carbocycles. The van der Waals surface area contributed by atoms with Crippen LogP contribution in [0.25, 0.3) is 0 Å². The molecule has 2 rings (SSSR count). The van der Waals surface area contributed by atoms with E-state index in [4.69, 9.17) is 15.2 Å². The summed E-state index contributed by atoms with van der Waals surface area (Å²) in [6.07, 6.45) is 0.296. The van der Waals surface area contributed by atoms with Gasteiger partial charge in [0, 0.05) is 11.4 Å². The minimum atomic E-state index is 0.0499. The van der Waals surface area contributed by atoms with Crippen LogP contribution in [0.2, 0.25) is 0 Å². The number of thiophene rings is 1. The first-order chi connectivity index (χ1) is 6.40. The first-order valence-corrected chi connectivity index (χ1v) is 5.25. The fraction of sp³-hybridized carbons (Fsp3) is 0.556. The van der Waals surface area contributed by atoms with Crippen LogP contribution in [0.4, 0.5) is 0 Å². The van der Waals surface area contributed by atoms with Crippen LogP contribution in [0.1, 0.15) is 11.0 Å². The molecular weight excluding hydrogens is 186 g/mol. The van der Waals surface area contributed by atoms with E-state index in [2.05, 4.69) is 6.07 Å². The van der Waals surface area contributed by atoms with Gasteiger partial charge in [-0.25, -0.2) is 0 Å². The predicted molar refractivity (Wildman–Crippen MR) is 51.8 cm³/mol. The van der Waals surface area contributed by atoms with Gasteiger partial charge in [-0.15, -0.1) is 11.3 Å². The molecule has 1 fully saturated rings. The Kier molecular flexibility index (Phi) is 2.95. The number of hydrogen-bond acceptors (Lipinski definition) is 4. The summed E-state index contributed by atoms with van der Waals surface area (Å²) in [6, 6.07) is 4.07. The molecule has 0 amide bonds. The highest BCUT2D eigenvalue weighted by Gasteiger charge is 2.23. The van der Waals surface area contributed by atoms with E-state index in [1.165, 1.54) is 4.88 Å². The van der Waals surface area contributed by atoms with Crippen LogP contribution in [0.15, 0.2) is 17.5 Å². The maximum absolute atomic E-state index is 5.74. The summed E-state index contributed by atoms with van der Waals surface area (Å²) in [5.74, 6) is 0. The first kappa shape index (κ1) is 9.15. The lowest BCUT2D eigenvalue weighted by molar-refractivity contribution is -0.153. The van der Waals surface area contributed by atoms with Crippen LogP contribution >= 0.6 is 11.3 Å². The first-order valence-electron chi connectivity index (χ1n) is 4.37. The third-order valence-electron chi connectivity index (χ3n) is 2.04. The fourth-order valence-electron chi connectivity index (χ4n) is 1.24. The highest BCUT2D eigenvalue weighted by Crippen LogP contribution is 2.24. The van der Waals surface area contributed by atoms with Crippen molar-refractivity contribution in [2.45, 2.75) is 12.2 Å². The molecule has 1 aromatic rings. The van der Waals surface area contributed by atoms with Gasteiger partial charge in [0.1, 0.15) is 12.2 Å².